The van der Waals surface area contributed by atoms with Crippen molar-refractivity contribution in [1.82, 2.24) is 5.32 Å². The molecular weight excluding hydrogens is 198 g/mol. The van der Waals surface area contributed by atoms with Crippen LogP contribution < -0.4 is 5.32 Å². The molecule has 16 heavy (non-hydrogen) atoms. The fourth-order valence-electron chi connectivity index (χ4n) is 2.86. The number of hydrogen-bond donors (Lipinski definition) is 1. The largest absolute Gasteiger partial charge is 0.369 e. The zero-order valence-electron chi connectivity index (χ0n) is 11.7. The Bertz CT molecular complexity index is 266. The molecule has 0 aromatic rings. The van der Waals surface area contributed by atoms with Crippen molar-refractivity contribution in [3.8, 4) is 0 Å². The van der Waals surface area contributed by atoms with Crippen LogP contribution in [0, 0.1) is 5.92 Å². The molecule has 0 amide bonds. The first-order chi connectivity index (χ1) is 7.28. The van der Waals surface area contributed by atoms with Gasteiger partial charge in [-0.15, -0.1) is 0 Å². The van der Waals surface area contributed by atoms with Crippen molar-refractivity contribution < 1.29 is 4.74 Å². The zero-order chi connectivity index (χ0) is 12.4. The molecule has 2 nitrogen and oxygen atoms in total. The van der Waals surface area contributed by atoms with Gasteiger partial charge in [-0.25, -0.2) is 0 Å². The van der Waals surface area contributed by atoms with Crippen LogP contribution >= 0.6 is 0 Å². The van der Waals surface area contributed by atoms with Gasteiger partial charge < -0.3 is 10.1 Å². The van der Waals surface area contributed by atoms with E-state index in [4.69, 9.17) is 4.74 Å². The van der Waals surface area contributed by atoms with Crippen LogP contribution in [0.5, 0.6) is 0 Å². The number of nitrogens with one attached hydrogen (secondary N) is 1. The normalized spacial score (nSPS) is 28.4. The molecule has 1 atom stereocenters. The van der Waals surface area contributed by atoms with E-state index >= 15 is 0 Å². The van der Waals surface area contributed by atoms with E-state index in [1.54, 1.807) is 0 Å². The molecule has 1 unspecified atom stereocenters. The molecule has 0 aromatic heterocycles. The molecule has 0 radical (unpaired) electrons. The summed E-state index contributed by atoms with van der Waals surface area (Å²) >= 11 is 0. The predicted octanol–water partition coefficient (Wildman–Crippen LogP) is 3.14. The van der Waals surface area contributed by atoms with Gasteiger partial charge in [-0.3, -0.25) is 0 Å². The van der Waals surface area contributed by atoms with Gasteiger partial charge in [0.1, 0.15) is 0 Å². The van der Waals surface area contributed by atoms with Gasteiger partial charge >= 0.3 is 0 Å². The molecule has 1 aliphatic heterocycles. The van der Waals surface area contributed by atoms with Gasteiger partial charge in [-0.2, -0.15) is 0 Å². The van der Waals surface area contributed by atoms with Crippen molar-refractivity contribution in [2.24, 2.45) is 5.92 Å². The summed E-state index contributed by atoms with van der Waals surface area (Å²) in [7, 11) is 1.99. The third kappa shape index (κ3) is 3.33. The standard InChI is InChI=1S/C14H27NO/c1-11(8-7-9-15-6)12-10-13(2,3)16-14(12,4)5/h8,12,15H,7,9-10H2,1-6H3/b11-8-. The van der Waals surface area contributed by atoms with Crippen LogP contribution in [-0.4, -0.2) is 24.8 Å². The molecule has 0 spiro atoms. The van der Waals surface area contributed by atoms with Gasteiger partial charge in [-0.05, 0) is 61.1 Å². The van der Waals surface area contributed by atoms with Gasteiger partial charge in [0.15, 0.2) is 0 Å². The van der Waals surface area contributed by atoms with Gasteiger partial charge in [0, 0.05) is 5.92 Å². The van der Waals surface area contributed by atoms with E-state index in [9.17, 15) is 0 Å². The second-order valence-electron chi connectivity index (χ2n) is 6.06. The molecule has 1 saturated heterocycles. The maximum atomic E-state index is 6.12. The summed E-state index contributed by atoms with van der Waals surface area (Å²) in [5.74, 6) is 0.555. The van der Waals surface area contributed by atoms with Crippen LogP contribution in [0.4, 0.5) is 0 Å². The van der Waals surface area contributed by atoms with Gasteiger partial charge in [0.25, 0.3) is 0 Å². The van der Waals surface area contributed by atoms with E-state index in [0.29, 0.717) is 5.92 Å². The average Bonchev–Trinajstić information content (AvgIpc) is 2.34. The Labute approximate surface area is 100 Å². The van der Waals surface area contributed by atoms with Crippen LogP contribution in [-0.2, 0) is 4.74 Å². The Kier molecular flexibility index (Phi) is 4.19. The van der Waals surface area contributed by atoms with Crippen LogP contribution in [0.3, 0.4) is 0 Å². The van der Waals surface area contributed by atoms with Crippen molar-refractivity contribution in [3.05, 3.63) is 11.6 Å². The first-order valence-corrected chi connectivity index (χ1v) is 6.30. The summed E-state index contributed by atoms with van der Waals surface area (Å²) in [6, 6.07) is 0. The number of ether oxygens (including phenoxy) is 1. The maximum Gasteiger partial charge on any atom is 0.0699 e. The average molecular weight is 225 g/mol. The minimum absolute atomic E-state index is 0.0201. The van der Waals surface area contributed by atoms with E-state index in [0.717, 1.165) is 19.4 Å². The quantitative estimate of drug-likeness (QED) is 0.586. The van der Waals surface area contributed by atoms with Crippen LogP contribution in [0.15, 0.2) is 11.6 Å². The van der Waals surface area contributed by atoms with E-state index in [-0.39, 0.29) is 11.2 Å². The highest BCUT2D eigenvalue weighted by Crippen LogP contribution is 2.45. The molecule has 1 N–H and O–H groups in total. The highest BCUT2D eigenvalue weighted by atomic mass is 16.5. The van der Waals surface area contributed by atoms with E-state index in [1.807, 2.05) is 7.05 Å². The first kappa shape index (κ1) is 13.7. The molecule has 94 valence electrons. The van der Waals surface area contributed by atoms with Crippen molar-refractivity contribution in [1.29, 1.82) is 0 Å². The second kappa shape index (κ2) is 4.89. The Hall–Kier alpha value is -0.340. The van der Waals surface area contributed by atoms with Gasteiger partial charge in [0.2, 0.25) is 0 Å². The summed E-state index contributed by atoms with van der Waals surface area (Å²) < 4.78 is 6.12. The van der Waals surface area contributed by atoms with E-state index < -0.39 is 0 Å². The minimum Gasteiger partial charge on any atom is -0.369 e. The molecule has 1 fully saturated rings. The van der Waals surface area contributed by atoms with Crippen molar-refractivity contribution in [3.63, 3.8) is 0 Å². The minimum atomic E-state index is -0.0241. The summed E-state index contributed by atoms with van der Waals surface area (Å²) in [5, 5.41) is 3.17. The fraction of sp³-hybridized carbons (Fsp3) is 0.857. The topological polar surface area (TPSA) is 21.3 Å². The molecule has 2 heteroatoms. The molecular formula is C14H27NO. The van der Waals surface area contributed by atoms with Crippen LogP contribution in [0.25, 0.3) is 0 Å². The number of hydrogen-bond acceptors (Lipinski definition) is 2. The molecule has 0 saturated carbocycles. The first-order valence-electron chi connectivity index (χ1n) is 6.30. The summed E-state index contributed by atoms with van der Waals surface area (Å²) in [6.07, 6.45) is 4.59. The molecule has 0 aliphatic carbocycles. The molecule has 1 rings (SSSR count). The SMILES string of the molecule is CNCC/C=C(/C)C1CC(C)(C)OC1(C)C. The summed E-state index contributed by atoms with van der Waals surface area (Å²) in [4.78, 5) is 0. The maximum absolute atomic E-state index is 6.12. The predicted molar refractivity (Wildman–Crippen MR) is 69.7 cm³/mol. The summed E-state index contributed by atoms with van der Waals surface area (Å²) in [5.41, 5.74) is 1.47. The molecule has 1 heterocycles. The van der Waals surface area contributed by atoms with Gasteiger partial charge in [0.05, 0.1) is 11.2 Å². The smallest absolute Gasteiger partial charge is 0.0699 e. The molecule has 1 aliphatic rings. The van der Waals surface area contributed by atoms with Gasteiger partial charge in [-0.1, -0.05) is 11.6 Å². The van der Waals surface area contributed by atoms with Crippen LogP contribution in [0.1, 0.15) is 47.5 Å². The van der Waals surface area contributed by atoms with Crippen molar-refractivity contribution in [2.45, 2.75) is 58.7 Å². The van der Waals surface area contributed by atoms with Crippen LogP contribution in [0.2, 0.25) is 0 Å². The van der Waals surface area contributed by atoms with E-state index in [2.05, 4.69) is 46.0 Å². The Morgan fingerprint density at radius 2 is 2.00 bits per heavy atom. The molecule has 0 bridgehead atoms. The Balaban J connectivity index is 2.69. The Morgan fingerprint density at radius 1 is 1.38 bits per heavy atom. The lowest BCUT2D eigenvalue weighted by Gasteiger charge is -2.28. The highest BCUT2D eigenvalue weighted by Gasteiger charge is 2.46. The number of rotatable bonds is 4. The molecule has 0 aromatic carbocycles. The highest BCUT2D eigenvalue weighted by molar-refractivity contribution is 5.13. The third-order valence-corrected chi connectivity index (χ3v) is 3.48. The lowest BCUT2D eigenvalue weighted by atomic mass is 9.82. The lowest BCUT2D eigenvalue weighted by molar-refractivity contribution is -0.0714. The fourth-order valence-corrected chi connectivity index (χ4v) is 2.86. The summed E-state index contributed by atoms with van der Waals surface area (Å²) in [6.45, 7) is 12.1. The van der Waals surface area contributed by atoms with Crippen molar-refractivity contribution >= 4 is 0 Å². The lowest BCUT2D eigenvalue weighted by Crippen LogP contribution is -2.30. The van der Waals surface area contributed by atoms with E-state index in [1.165, 1.54) is 5.57 Å². The van der Waals surface area contributed by atoms with Crippen molar-refractivity contribution in [2.75, 3.05) is 13.6 Å². The monoisotopic (exact) mass is 225 g/mol. The Morgan fingerprint density at radius 3 is 2.44 bits per heavy atom. The second-order valence-corrected chi connectivity index (χ2v) is 6.06. The zero-order valence-corrected chi connectivity index (χ0v) is 11.7. The third-order valence-electron chi connectivity index (χ3n) is 3.48.